The zero-order chi connectivity index (χ0) is 19.9. The minimum Gasteiger partial charge on any atom is -0.493 e. The first kappa shape index (κ1) is 19.3. The lowest BCUT2D eigenvalue weighted by atomic mass is 10.2. The van der Waals surface area contributed by atoms with Crippen molar-refractivity contribution in [3.05, 3.63) is 42.0 Å². The number of nitrogens with one attached hydrogen (secondary N) is 1. The number of rotatable bonds is 6. The van der Waals surface area contributed by atoms with Crippen molar-refractivity contribution in [2.45, 2.75) is 6.42 Å². The van der Waals surface area contributed by atoms with E-state index in [-0.39, 0.29) is 5.56 Å². The van der Waals surface area contributed by atoms with Gasteiger partial charge in [0.1, 0.15) is 0 Å². The van der Waals surface area contributed by atoms with Crippen molar-refractivity contribution in [1.82, 2.24) is 0 Å². The van der Waals surface area contributed by atoms with Crippen LogP contribution in [0.25, 0.3) is 0 Å². The molecule has 8 nitrogen and oxygen atoms in total. The third-order valence-electron chi connectivity index (χ3n) is 3.98. The monoisotopic (exact) mass is 387 g/mol. The van der Waals surface area contributed by atoms with Gasteiger partial charge in [-0.25, -0.2) is 4.79 Å². The number of benzene rings is 2. The van der Waals surface area contributed by atoms with Crippen LogP contribution in [0.3, 0.4) is 0 Å². The van der Waals surface area contributed by atoms with Crippen molar-refractivity contribution < 1.29 is 33.3 Å². The first-order chi connectivity index (χ1) is 13.6. The summed E-state index contributed by atoms with van der Waals surface area (Å²) in [6.45, 7) is 0.708. The molecule has 1 amide bonds. The number of ether oxygens (including phenoxy) is 5. The highest BCUT2D eigenvalue weighted by Gasteiger charge is 2.15. The van der Waals surface area contributed by atoms with E-state index in [1.165, 1.54) is 26.4 Å². The molecule has 148 valence electrons. The summed E-state index contributed by atoms with van der Waals surface area (Å²) >= 11 is 0. The predicted molar refractivity (Wildman–Crippen MR) is 101 cm³/mol. The van der Waals surface area contributed by atoms with E-state index in [0.29, 0.717) is 41.9 Å². The van der Waals surface area contributed by atoms with Gasteiger partial charge in [0.2, 0.25) is 0 Å². The lowest BCUT2D eigenvalue weighted by Crippen LogP contribution is -2.21. The quantitative estimate of drug-likeness (QED) is 0.762. The Labute approximate surface area is 162 Å². The van der Waals surface area contributed by atoms with Crippen LogP contribution in [-0.2, 0) is 9.53 Å². The van der Waals surface area contributed by atoms with E-state index < -0.39 is 18.5 Å². The fraction of sp³-hybridized carbons (Fsp3) is 0.300. The largest absolute Gasteiger partial charge is 0.493 e. The summed E-state index contributed by atoms with van der Waals surface area (Å²) in [5.74, 6) is 0.978. The van der Waals surface area contributed by atoms with Gasteiger partial charge in [-0.05, 0) is 30.3 Å². The number of anilines is 1. The average molecular weight is 387 g/mol. The maximum atomic E-state index is 12.2. The normalized spacial score (nSPS) is 12.5. The lowest BCUT2D eigenvalue weighted by Gasteiger charge is -2.11. The van der Waals surface area contributed by atoms with E-state index >= 15 is 0 Å². The van der Waals surface area contributed by atoms with Crippen LogP contribution >= 0.6 is 0 Å². The van der Waals surface area contributed by atoms with Crippen LogP contribution in [0.15, 0.2) is 36.4 Å². The van der Waals surface area contributed by atoms with Crippen LogP contribution < -0.4 is 24.3 Å². The van der Waals surface area contributed by atoms with Crippen molar-refractivity contribution >= 4 is 17.6 Å². The molecule has 0 aromatic heterocycles. The van der Waals surface area contributed by atoms with E-state index in [9.17, 15) is 9.59 Å². The van der Waals surface area contributed by atoms with Gasteiger partial charge < -0.3 is 29.0 Å². The van der Waals surface area contributed by atoms with Crippen LogP contribution in [0.2, 0.25) is 0 Å². The van der Waals surface area contributed by atoms with Gasteiger partial charge in [-0.15, -0.1) is 0 Å². The Kier molecular flexibility index (Phi) is 6.21. The van der Waals surface area contributed by atoms with Gasteiger partial charge in [0.05, 0.1) is 33.0 Å². The topological polar surface area (TPSA) is 92.3 Å². The van der Waals surface area contributed by atoms with Crippen molar-refractivity contribution in [3.8, 4) is 23.0 Å². The Balaban J connectivity index is 1.57. The van der Waals surface area contributed by atoms with Gasteiger partial charge in [-0.2, -0.15) is 0 Å². The van der Waals surface area contributed by atoms with E-state index in [0.717, 1.165) is 6.42 Å². The number of carbonyl (C=O) groups excluding carboxylic acids is 2. The van der Waals surface area contributed by atoms with Crippen LogP contribution in [0.4, 0.5) is 5.69 Å². The number of hydrogen-bond donors (Lipinski definition) is 1. The number of hydrogen-bond acceptors (Lipinski definition) is 7. The minimum absolute atomic E-state index is 0.251. The van der Waals surface area contributed by atoms with Crippen molar-refractivity contribution in [2.24, 2.45) is 0 Å². The molecular formula is C20H21NO7. The smallest absolute Gasteiger partial charge is 0.338 e. The molecule has 0 saturated carbocycles. The molecule has 1 aliphatic rings. The SMILES string of the molecule is COc1ccc(C(=O)OCC(=O)Nc2ccc3c(c2)OCCCO3)cc1OC. The molecule has 8 heteroatoms. The lowest BCUT2D eigenvalue weighted by molar-refractivity contribution is -0.119. The number of amides is 1. The number of carbonyl (C=O) groups is 2. The Bertz CT molecular complexity index is 866. The Morgan fingerprint density at radius 3 is 2.46 bits per heavy atom. The van der Waals surface area contributed by atoms with Crippen LogP contribution in [0.5, 0.6) is 23.0 Å². The third-order valence-corrected chi connectivity index (χ3v) is 3.98. The van der Waals surface area contributed by atoms with Crippen LogP contribution in [0.1, 0.15) is 16.8 Å². The second kappa shape index (κ2) is 8.98. The van der Waals surface area contributed by atoms with Crippen LogP contribution in [0, 0.1) is 0 Å². The average Bonchev–Trinajstić information content (AvgIpc) is 2.96. The van der Waals surface area contributed by atoms with Gasteiger partial charge in [0, 0.05) is 18.2 Å². The van der Waals surface area contributed by atoms with E-state index in [2.05, 4.69) is 5.32 Å². The molecule has 0 bridgehead atoms. The fourth-order valence-corrected chi connectivity index (χ4v) is 2.62. The number of esters is 1. The molecule has 0 unspecified atom stereocenters. The molecule has 0 fully saturated rings. The summed E-state index contributed by atoms with van der Waals surface area (Å²) < 4.78 is 26.5. The first-order valence-electron chi connectivity index (χ1n) is 8.69. The summed E-state index contributed by atoms with van der Waals surface area (Å²) in [6.07, 6.45) is 0.794. The van der Waals surface area contributed by atoms with E-state index in [1.54, 1.807) is 24.3 Å². The maximum Gasteiger partial charge on any atom is 0.338 e. The second-order valence-corrected chi connectivity index (χ2v) is 5.91. The molecule has 1 heterocycles. The fourth-order valence-electron chi connectivity index (χ4n) is 2.62. The summed E-state index contributed by atoms with van der Waals surface area (Å²) in [4.78, 5) is 24.3. The van der Waals surface area contributed by atoms with Crippen molar-refractivity contribution in [2.75, 3.05) is 39.4 Å². The molecule has 0 spiro atoms. The molecule has 0 atom stereocenters. The Hall–Kier alpha value is -3.42. The van der Waals surface area contributed by atoms with Crippen molar-refractivity contribution in [3.63, 3.8) is 0 Å². The van der Waals surface area contributed by atoms with Gasteiger partial charge in [-0.3, -0.25) is 4.79 Å². The summed E-state index contributed by atoms with van der Waals surface area (Å²) in [7, 11) is 2.97. The molecule has 0 aliphatic carbocycles. The molecule has 2 aromatic rings. The van der Waals surface area contributed by atoms with Crippen molar-refractivity contribution in [1.29, 1.82) is 0 Å². The van der Waals surface area contributed by atoms with Gasteiger partial charge in [0.15, 0.2) is 29.6 Å². The molecule has 0 radical (unpaired) electrons. The first-order valence-corrected chi connectivity index (χ1v) is 8.69. The second-order valence-electron chi connectivity index (χ2n) is 5.91. The minimum atomic E-state index is -0.644. The molecule has 0 saturated heterocycles. The standard InChI is InChI=1S/C20H21NO7/c1-24-15-6-4-13(10-17(15)25-2)20(23)28-12-19(22)21-14-5-7-16-18(11-14)27-9-3-8-26-16/h4-7,10-11H,3,8-9,12H2,1-2H3,(H,21,22). The molecule has 28 heavy (non-hydrogen) atoms. The van der Waals surface area contributed by atoms with Crippen LogP contribution in [-0.4, -0.2) is 45.9 Å². The summed E-state index contributed by atoms with van der Waals surface area (Å²) in [5, 5.41) is 2.66. The molecule has 2 aromatic carbocycles. The predicted octanol–water partition coefficient (Wildman–Crippen LogP) is 2.66. The summed E-state index contributed by atoms with van der Waals surface area (Å²) in [6, 6.07) is 9.71. The van der Waals surface area contributed by atoms with Gasteiger partial charge >= 0.3 is 5.97 Å². The number of fused-ring (bicyclic) bond motifs is 1. The molecule has 1 N–H and O–H groups in total. The highest BCUT2D eigenvalue weighted by molar-refractivity contribution is 5.96. The third kappa shape index (κ3) is 4.64. The molecular weight excluding hydrogens is 366 g/mol. The molecule has 1 aliphatic heterocycles. The van der Waals surface area contributed by atoms with Gasteiger partial charge in [0.25, 0.3) is 5.91 Å². The highest BCUT2D eigenvalue weighted by Crippen LogP contribution is 2.32. The molecule has 3 rings (SSSR count). The zero-order valence-electron chi connectivity index (χ0n) is 15.7. The maximum absolute atomic E-state index is 12.2. The van der Waals surface area contributed by atoms with E-state index in [4.69, 9.17) is 23.7 Å². The highest BCUT2D eigenvalue weighted by atomic mass is 16.5. The van der Waals surface area contributed by atoms with Gasteiger partial charge in [-0.1, -0.05) is 0 Å². The zero-order valence-corrected chi connectivity index (χ0v) is 15.7. The summed E-state index contributed by atoms with van der Waals surface area (Å²) in [5.41, 5.74) is 0.775. The Morgan fingerprint density at radius 1 is 0.964 bits per heavy atom. The number of methoxy groups -OCH3 is 2. The van der Waals surface area contributed by atoms with E-state index in [1.807, 2.05) is 0 Å². The Morgan fingerprint density at radius 2 is 1.71 bits per heavy atom.